The van der Waals surface area contributed by atoms with Crippen LogP contribution in [-0.2, 0) is 16.1 Å². The lowest BCUT2D eigenvalue weighted by Gasteiger charge is -2.24. The van der Waals surface area contributed by atoms with Gasteiger partial charge in [0.1, 0.15) is 0 Å². The Kier molecular flexibility index (Phi) is 7.55. The van der Waals surface area contributed by atoms with Gasteiger partial charge in [-0.05, 0) is 37.0 Å². The zero-order valence-electron chi connectivity index (χ0n) is 14.6. The first-order chi connectivity index (χ1) is 11.7. The van der Waals surface area contributed by atoms with E-state index >= 15 is 0 Å². The number of nitrogens with zero attached hydrogens (tertiary/aromatic N) is 1. The first-order valence-electron chi connectivity index (χ1n) is 8.56. The van der Waals surface area contributed by atoms with Crippen LogP contribution in [0.2, 0.25) is 0 Å². The van der Waals surface area contributed by atoms with Gasteiger partial charge in [0.15, 0.2) is 5.96 Å². The molecule has 132 valence electrons. The van der Waals surface area contributed by atoms with Crippen LogP contribution in [0.5, 0.6) is 0 Å². The molecule has 0 aromatic heterocycles. The summed E-state index contributed by atoms with van der Waals surface area (Å²) in [4.78, 5) is 16.2. The fourth-order valence-electron chi connectivity index (χ4n) is 2.50. The van der Waals surface area contributed by atoms with Crippen molar-refractivity contribution in [1.29, 1.82) is 0 Å². The Balaban J connectivity index is 1.79. The second-order valence-corrected chi connectivity index (χ2v) is 6.02. The molecule has 1 amide bonds. The molecule has 1 aromatic rings. The smallest absolute Gasteiger partial charge is 0.227 e. The number of methoxy groups -OCH3 is 1. The minimum atomic E-state index is 0.141. The van der Waals surface area contributed by atoms with Crippen molar-refractivity contribution in [2.45, 2.75) is 32.2 Å². The Morgan fingerprint density at radius 2 is 2.17 bits per heavy atom. The van der Waals surface area contributed by atoms with Crippen LogP contribution in [0, 0.1) is 5.92 Å². The van der Waals surface area contributed by atoms with Gasteiger partial charge in [-0.1, -0.05) is 18.6 Å². The van der Waals surface area contributed by atoms with Crippen molar-refractivity contribution in [2.24, 2.45) is 10.9 Å². The van der Waals surface area contributed by atoms with Gasteiger partial charge in [-0.25, -0.2) is 0 Å². The number of ether oxygens (including phenoxy) is 1. The molecule has 0 aliphatic heterocycles. The summed E-state index contributed by atoms with van der Waals surface area (Å²) in [6.07, 6.45) is 4.12. The van der Waals surface area contributed by atoms with Gasteiger partial charge in [0.05, 0.1) is 0 Å². The van der Waals surface area contributed by atoms with E-state index in [1.165, 1.54) is 6.42 Å². The molecular formula is C18H28N4O2. The molecule has 0 atom stereocenters. The van der Waals surface area contributed by atoms with Crippen LogP contribution in [0.25, 0.3) is 0 Å². The molecule has 1 aliphatic carbocycles. The number of nitrogens with one attached hydrogen (secondary N) is 3. The van der Waals surface area contributed by atoms with Gasteiger partial charge in [0.2, 0.25) is 5.91 Å². The van der Waals surface area contributed by atoms with Crippen LogP contribution >= 0.6 is 0 Å². The van der Waals surface area contributed by atoms with Crippen molar-refractivity contribution in [2.75, 3.05) is 32.6 Å². The lowest BCUT2D eigenvalue weighted by atomic mass is 9.85. The molecule has 1 fully saturated rings. The second-order valence-electron chi connectivity index (χ2n) is 6.02. The number of hydrogen-bond donors (Lipinski definition) is 3. The van der Waals surface area contributed by atoms with E-state index in [4.69, 9.17) is 4.74 Å². The largest absolute Gasteiger partial charge is 0.385 e. The Morgan fingerprint density at radius 3 is 2.83 bits per heavy atom. The normalized spacial score (nSPS) is 14.8. The molecule has 0 unspecified atom stereocenters. The minimum Gasteiger partial charge on any atom is -0.385 e. The maximum Gasteiger partial charge on any atom is 0.227 e. The second kappa shape index (κ2) is 9.93. The predicted octanol–water partition coefficient (Wildman–Crippen LogP) is 2.13. The molecular weight excluding hydrogens is 304 g/mol. The van der Waals surface area contributed by atoms with Crippen molar-refractivity contribution in [3.8, 4) is 0 Å². The summed E-state index contributed by atoms with van der Waals surface area (Å²) < 4.78 is 5.03. The van der Waals surface area contributed by atoms with Crippen LogP contribution < -0.4 is 16.0 Å². The Morgan fingerprint density at radius 1 is 1.33 bits per heavy atom. The van der Waals surface area contributed by atoms with E-state index in [0.717, 1.165) is 49.6 Å². The van der Waals surface area contributed by atoms with Gasteiger partial charge < -0.3 is 20.7 Å². The zero-order valence-corrected chi connectivity index (χ0v) is 14.6. The third-order valence-corrected chi connectivity index (χ3v) is 4.17. The first-order valence-corrected chi connectivity index (χ1v) is 8.56. The minimum absolute atomic E-state index is 0.141. The van der Waals surface area contributed by atoms with Crippen LogP contribution in [0.1, 0.15) is 31.2 Å². The van der Waals surface area contributed by atoms with Crippen molar-refractivity contribution >= 4 is 17.6 Å². The fraction of sp³-hybridized carbons (Fsp3) is 0.556. The van der Waals surface area contributed by atoms with Gasteiger partial charge in [0, 0.05) is 45.5 Å². The molecule has 6 nitrogen and oxygen atoms in total. The van der Waals surface area contributed by atoms with Crippen LogP contribution in [0.3, 0.4) is 0 Å². The molecule has 1 aliphatic rings. The highest BCUT2D eigenvalue weighted by Gasteiger charge is 2.25. The maximum atomic E-state index is 12.0. The van der Waals surface area contributed by atoms with Crippen molar-refractivity contribution in [3.63, 3.8) is 0 Å². The van der Waals surface area contributed by atoms with Gasteiger partial charge in [0.25, 0.3) is 0 Å². The summed E-state index contributed by atoms with van der Waals surface area (Å²) in [6.45, 7) is 2.19. The number of amides is 1. The Labute approximate surface area is 144 Å². The number of carbonyl (C=O) groups excluding carboxylic acids is 1. The monoisotopic (exact) mass is 332 g/mol. The SMILES string of the molecule is CN=C(NCCCOC)NCc1cccc(NC(=O)C2CCC2)c1. The van der Waals surface area contributed by atoms with Crippen molar-refractivity contribution < 1.29 is 9.53 Å². The number of carbonyl (C=O) groups is 1. The summed E-state index contributed by atoms with van der Waals surface area (Å²) in [7, 11) is 3.45. The molecule has 2 rings (SSSR count). The van der Waals surface area contributed by atoms with Gasteiger partial charge in [-0.3, -0.25) is 9.79 Å². The van der Waals surface area contributed by atoms with E-state index < -0.39 is 0 Å². The van der Waals surface area contributed by atoms with Gasteiger partial charge >= 0.3 is 0 Å². The standard InChI is InChI=1S/C18H28N4O2/c1-19-18(20-10-5-11-24-2)21-13-14-6-3-9-16(12-14)22-17(23)15-7-4-8-15/h3,6,9,12,15H,4-5,7-8,10-11,13H2,1-2H3,(H,22,23)(H2,19,20,21). The third kappa shape index (κ3) is 5.85. The lowest BCUT2D eigenvalue weighted by molar-refractivity contribution is -0.122. The van der Waals surface area contributed by atoms with Crippen LogP contribution in [0.15, 0.2) is 29.3 Å². The van der Waals surface area contributed by atoms with Crippen molar-refractivity contribution in [1.82, 2.24) is 10.6 Å². The highest BCUT2D eigenvalue weighted by molar-refractivity contribution is 5.93. The van der Waals surface area contributed by atoms with E-state index in [1.807, 2.05) is 24.3 Å². The molecule has 0 radical (unpaired) electrons. The predicted molar refractivity (Wildman–Crippen MR) is 97.1 cm³/mol. The molecule has 1 saturated carbocycles. The van der Waals surface area contributed by atoms with Gasteiger partial charge in [-0.15, -0.1) is 0 Å². The summed E-state index contributed by atoms with van der Waals surface area (Å²) in [5, 5.41) is 9.52. The fourth-order valence-corrected chi connectivity index (χ4v) is 2.50. The van der Waals surface area contributed by atoms with E-state index in [1.54, 1.807) is 14.2 Å². The summed E-state index contributed by atoms with van der Waals surface area (Å²) in [6, 6.07) is 7.92. The number of anilines is 1. The average Bonchev–Trinajstić information content (AvgIpc) is 2.53. The molecule has 6 heteroatoms. The Hall–Kier alpha value is -2.08. The molecule has 0 heterocycles. The summed E-state index contributed by atoms with van der Waals surface area (Å²) >= 11 is 0. The van der Waals surface area contributed by atoms with E-state index in [0.29, 0.717) is 6.54 Å². The first kappa shape index (κ1) is 18.3. The van der Waals surface area contributed by atoms with E-state index in [-0.39, 0.29) is 11.8 Å². The number of aliphatic imine (C=N–C) groups is 1. The summed E-state index contributed by atoms with van der Waals surface area (Å²) in [5.74, 6) is 1.10. The van der Waals surface area contributed by atoms with Gasteiger partial charge in [-0.2, -0.15) is 0 Å². The lowest BCUT2D eigenvalue weighted by Crippen LogP contribution is -2.37. The summed E-state index contributed by atoms with van der Waals surface area (Å²) in [5.41, 5.74) is 1.95. The molecule has 3 N–H and O–H groups in total. The van der Waals surface area contributed by atoms with Crippen LogP contribution in [0.4, 0.5) is 5.69 Å². The molecule has 0 bridgehead atoms. The quantitative estimate of drug-likeness (QED) is 0.387. The number of rotatable bonds is 8. The topological polar surface area (TPSA) is 74.8 Å². The molecule has 0 saturated heterocycles. The third-order valence-electron chi connectivity index (χ3n) is 4.17. The van der Waals surface area contributed by atoms with Crippen molar-refractivity contribution in [3.05, 3.63) is 29.8 Å². The van der Waals surface area contributed by atoms with E-state index in [2.05, 4.69) is 20.9 Å². The molecule has 0 spiro atoms. The average molecular weight is 332 g/mol. The number of hydrogen-bond acceptors (Lipinski definition) is 3. The highest BCUT2D eigenvalue weighted by Crippen LogP contribution is 2.27. The molecule has 1 aromatic carbocycles. The zero-order chi connectivity index (χ0) is 17.2. The maximum absolute atomic E-state index is 12.0. The number of benzene rings is 1. The van der Waals surface area contributed by atoms with E-state index in [9.17, 15) is 4.79 Å². The number of guanidine groups is 1. The van der Waals surface area contributed by atoms with Crippen LogP contribution in [-0.4, -0.2) is 39.2 Å². The highest BCUT2D eigenvalue weighted by atomic mass is 16.5. The Bertz CT molecular complexity index is 556. The molecule has 24 heavy (non-hydrogen) atoms.